The maximum atomic E-state index is 2.31. The van der Waals surface area contributed by atoms with E-state index in [0.717, 1.165) is 5.92 Å². The van der Waals surface area contributed by atoms with Crippen molar-refractivity contribution in [2.24, 2.45) is 5.92 Å². The van der Waals surface area contributed by atoms with Gasteiger partial charge in [-0.2, -0.15) is 0 Å². The summed E-state index contributed by atoms with van der Waals surface area (Å²) in [6.07, 6.45) is 8.42. The Morgan fingerprint density at radius 1 is 1.15 bits per heavy atom. The number of hydrogen-bond acceptors (Lipinski definition) is 0. The quantitative estimate of drug-likeness (QED) is 0.576. The summed E-state index contributed by atoms with van der Waals surface area (Å²) in [5, 5.41) is 0. The van der Waals surface area contributed by atoms with Gasteiger partial charge >= 0.3 is 0 Å². The summed E-state index contributed by atoms with van der Waals surface area (Å²) in [4.78, 5) is 0. The summed E-state index contributed by atoms with van der Waals surface area (Å²) < 4.78 is 0. The third-order valence-corrected chi connectivity index (χ3v) is 2.46. The molecule has 0 nitrogen and oxygen atoms in total. The van der Waals surface area contributed by atoms with Gasteiger partial charge in [0.2, 0.25) is 0 Å². The standard InChI is InChI=1S/C11H18.C2H6/c1-4-10-5-7-11(8-6-10)9(2)3;1-2/h5,7,9H,4,6,8H2,1-3H3;1-2H3. The predicted octanol–water partition coefficient (Wildman–Crippen LogP) is 4.73. The molecule has 0 aromatic rings. The van der Waals surface area contributed by atoms with E-state index < -0.39 is 0 Å². The van der Waals surface area contributed by atoms with Crippen molar-refractivity contribution in [3.8, 4) is 0 Å². The first-order chi connectivity index (χ1) is 6.24. The van der Waals surface area contributed by atoms with Gasteiger partial charge < -0.3 is 0 Å². The largest absolute Gasteiger partial charge is 0.0702 e. The molecule has 0 aliphatic heterocycles. The fourth-order valence-corrected chi connectivity index (χ4v) is 1.47. The highest BCUT2D eigenvalue weighted by molar-refractivity contribution is 5.24. The van der Waals surface area contributed by atoms with Crippen molar-refractivity contribution in [3.63, 3.8) is 0 Å². The first kappa shape index (κ1) is 12.5. The van der Waals surface area contributed by atoms with E-state index >= 15 is 0 Å². The van der Waals surface area contributed by atoms with E-state index in [9.17, 15) is 0 Å². The summed E-state index contributed by atoms with van der Waals surface area (Å²) in [7, 11) is 0. The first-order valence-electron chi connectivity index (χ1n) is 5.62. The van der Waals surface area contributed by atoms with Crippen molar-refractivity contribution >= 4 is 0 Å². The third-order valence-electron chi connectivity index (χ3n) is 2.46. The SMILES string of the molecule is CC.CCC1=CC=C(C(C)C)CC1. The van der Waals surface area contributed by atoms with Gasteiger partial charge in [-0.15, -0.1) is 0 Å². The maximum absolute atomic E-state index is 2.31. The molecular weight excluding hydrogens is 156 g/mol. The second-order valence-electron chi connectivity index (χ2n) is 3.57. The van der Waals surface area contributed by atoms with E-state index in [4.69, 9.17) is 0 Å². The monoisotopic (exact) mass is 180 g/mol. The lowest BCUT2D eigenvalue weighted by Crippen LogP contribution is -1.98. The van der Waals surface area contributed by atoms with E-state index in [0.29, 0.717) is 0 Å². The molecule has 0 saturated heterocycles. The average Bonchev–Trinajstić information content (AvgIpc) is 2.21. The lowest BCUT2D eigenvalue weighted by atomic mass is 9.90. The Hall–Kier alpha value is -0.520. The number of allylic oxidation sites excluding steroid dienone is 4. The second kappa shape index (κ2) is 6.94. The van der Waals surface area contributed by atoms with Gasteiger partial charge in [-0.3, -0.25) is 0 Å². The molecule has 0 spiro atoms. The Morgan fingerprint density at radius 2 is 1.77 bits per heavy atom. The van der Waals surface area contributed by atoms with Crippen molar-refractivity contribution in [1.82, 2.24) is 0 Å². The summed E-state index contributed by atoms with van der Waals surface area (Å²) >= 11 is 0. The molecule has 0 fully saturated rings. The molecule has 0 heterocycles. The van der Waals surface area contributed by atoms with Crippen LogP contribution in [0, 0.1) is 5.92 Å². The van der Waals surface area contributed by atoms with Gasteiger partial charge in [-0.25, -0.2) is 0 Å². The van der Waals surface area contributed by atoms with Gasteiger partial charge in [0.05, 0.1) is 0 Å². The van der Waals surface area contributed by atoms with Gasteiger partial charge in [-0.05, 0) is 25.2 Å². The Balaban J connectivity index is 0.000000671. The second-order valence-corrected chi connectivity index (χ2v) is 3.57. The highest BCUT2D eigenvalue weighted by Crippen LogP contribution is 2.24. The molecule has 0 atom stereocenters. The van der Waals surface area contributed by atoms with Gasteiger partial charge in [0, 0.05) is 0 Å². The molecule has 0 radical (unpaired) electrons. The zero-order chi connectivity index (χ0) is 10.3. The van der Waals surface area contributed by atoms with Crippen molar-refractivity contribution in [3.05, 3.63) is 23.3 Å². The van der Waals surface area contributed by atoms with Crippen LogP contribution >= 0.6 is 0 Å². The van der Waals surface area contributed by atoms with Crippen molar-refractivity contribution in [2.45, 2.75) is 53.9 Å². The normalized spacial score (nSPS) is 15.8. The minimum atomic E-state index is 0.740. The zero-order valence-electron chi connectivity index (χ0n) is 9.85. The lowest BCUT2D eigenvalue weighted by Gasteiger charge is -2.16. The van der Waals surface area contributed by atoms with E-state index in [2.05, 4.69) is 32.9 Å². The molecule has 13 heavy (non-hydrogen) atoms. The molecular formula is C13H24. The molecule has 1 rings (SSSR count). The first-order valence-corrected chi connectivity index (χ1v) is 5.62. The van der Waals surface area contributed by atoms with Gasteiger partial charge in [0.25, 0.3) is 0 Å². The topological polar surface area (TPSA) is 0 Å². The molecule has 0 amide bonds. The molecule has 76 valence electrons. The van der Waals surface area contributed by atoms with Crippen LogP contribution in [0.25, 0.3) is 0 Å². The van der Waals surface area contributed by atoms with E-state index in [1.807, 2.05) is 13.8 Å². The third kappa shape index (κ3) is 4.31. The number of rotatable bonds is 2. The van der Waals surface area contributed by atoms with E-state index in [1.54, 1.807) is 11.1 Å². The molecule has 0 aromatic heterocycles. The summed E-state index contributed by atoms with van der Waals surface area (Å²) in [5.41, 5.74) is 3.22. The van der Waals surface area contributed by atoms with Crippen molar-refractivity contribution in [2.75, 3.05) is 0 Å². The van der Waals surface area contributed by atoms with Crippen LogP contribution in [0.1, 0.15) is 53.9 Å². The Bertz CT molecular complexity index is 182. The highest BCUT2D eigenvalue weighted by atomic mass is 14.1. The molecule has 0 N–H and O–H groups in total. The molecule has 1 aliphatic carbocycles. The molecule has 0 bridgehead atoms. The zero-order valence-corrected chi connectivity index (χ0v) is 9.85. The van der Waals surface area contributed by atoms with Gasteiger partial charge in [0.1, 0.15) is 0 Å². The smallest absolute Gasteiger partial charge is 0.0257 e. The molecule has 1 aliphatic rings. The predicted molar refractivity (Wildman–Crippen MR) is 61.9 cm³/mol. The van der Waals surface area contributed by atoms with Crippen LogP contribution < -0.4 is 0 Å². The molecule has 0 heteroatoms. The maximum Gasteiger partial charge on any atom is -0.0257 e. The van der Waals surface area contributed by atoms with Crippen LogP contribution in [0.4, 0.5) is 0 Å². The van der Waals surface area contributed by atoms with Crippen LogP contribution in [-0.2, 0) is 0 Å². The Morgan fingerprint density at radius 3 is 2.08 bits per heavy atom. The van der Waals surface area contributed by atoms with Crippen LogP contribution in [-0.4, -0.2) is 0 Å². The van der Waals surface area contributed by atoms with Crippen LogP contribution in [0.5, 0.6) is 0 Å². The minimum Gasteiger partial charge on any atom is -0.0702 e. The molecule has 0 aromatic carbocycles. The molecule has 0 saturated carbocycles. The molecule has 0 unspecified atom stereocenters. The van der Waals surface area contributed by atoms with Crippen LogP contribution in [0.2, 0.25) is 0 Å². The van der Waals surface area contributed by atoms with Crippen LogP contribution in [0.15, 0.2) is 23.3 Å². The van der Waals surface area contributed by atoms with Crippen molar-refractivity contribution in [1.29, 1.82) is 0 Å². The Kier molecular flexibility index (Phi) is 6.66. The van der Waals surface area contributed by atoms with Gasteiger partial charge in [-0.1, -0.05) is 57.9 Å². The van der Waals surface area contributed by atoms with E-state index in [-0.39, 0.29) is 0 Å². The van der Waals surface area contributed by atoms with Crippen LogP contribution in [0.3, 0.4) is 0 Å². The Labute approximate surface area is 83.7 Å². The number of hydrogen-bond donors (Lipinski definition) is 0. The van der Waals surface area contributed by atoms with Crippen molar-refractivity contribution < 1.29 is 0 Å². The van der Waals surface area contributed by atoms with E-state index in [1.165, 1.54) is 19.3 Å². The highest BCUT2D eigenvalue weighted by Gasteiger charge is 2.07. The minimum absolute atomic E-state index is 0.740. The fourth-order valence-electron chi connectivity index (χ4n) is 1.47. The summed E-state index contributed by atoms with van der Waals surface area (Å²) in [6.45, 7) is 10.8. The summed E-state index contributed by atoms with van der Waals surface area (Å²) in [5.74, 6) is 0.740. The average molecular weight is 180 g/mol. The lowest BCUT2D eigenvalue weighted by molar-refractivity contribution is 0.693. The van der Waals surface area contributed by atoms with Gasteiger partial charge in [0.15, 0.2) is 0 Å². The summed E-state index contributed by atoms with van der Waals surface area (Å²) in [6, 6.07) is 0. The fraction of sp³-hybridized carbons (Fsp3) is 0.692.